The Labute approximate surface area is 151 Å². The van der Waals surface area contributed by atoms with Crippen molar-refractivity contribution in [3.8, 4) is 5.75 Å². The maximum absolute atomic E-state index is 12.1. The molecular weight excluding hydrogens is 334 g/mol. The summed E-state index contributed by atoms with van der Waals surface area (Å²) in [4.78, 5) is 16.6. The first kappa shape index (κ1) is 17.2. The van der Waals surface area contributed by atoms with Crippen LogP contribution in [0.15, 0.2) is 36.4 Å². The zero-order chi connectivity index (χ0) is 17.8. The molecule has 130 valence electrons. The van der Waals surface area contributed by atoms with Crippen molar-refractivity contribution < 1.29 is 9.53 Å². The third-order valence-electron chi connectivity index (χ3n) is 4.02. The number of amides is 2. The molecule has 5 nitrogen and oxygen atoms in total. The fourth-order valence-corrected chi connectivity index (χ4v) is 3.57. The molecule has 0 spiro atoms. The van der Waals surface area contributed by atoms with Crippen LogP contribution in [0.25, 0.3) is 10.2 Å². The molecule has 3 aromatic rings. The molecule has 1 heterocycles. The first-order valence-corrected chi connectivity index (χ1v) is 8.93. The van der Waals surface area contributed by atoms with Crippen molar-refractivity contribution >= 4 is 32.7 Å². The van der Waals surface area contributed by atoms with E-state index in [9.17, 15) is 4.79 Å². The minimum absolute atomic E-state index is 0.233. The Hall–Kier alpha value is -2.60. The molecule has 1 aromatic heterocycles. The second-order valence-corrected chi connectivity index (χ2v) is 6.87. The minimum Gasteiger partial charge on any atom is -0.497 e. The van der Waals surface area contributed by atoms with Gasteiger partial charge in [0.15, 0.2) is 5.13 Å². The van der Waals surface area contributed by atoms with Crippen molar-refractivity contribution in [2.45, 2.75) is 20.3 Å². The van der Waals surface area contributed by atoms with Gasteiger partial charge >= 0.3 is 6.03 Å². The van der Waals surface area contributed by atoms with Gasteiger partial charge in [0, 0.05) is 6.54 Å². The Morgan fingerprint density at radius 3 is 2.52 bits per heavy atom. The molecule has 3 rings (SSSR count). The molecule has 2 aromatic carbocycles. The second-order valence-electron chi connectivity index (χ2n) is 5.88. The number of nitrogens with one attached hydrogen (secondary N) is 2. The molecule has 0 saturated heterocycles. The van der Waals surface area contributed by atoms with Crippen LogP contribution in [0.3, 0.4) is 0 Å². The van der Waals surface area contributed by atoms with E-state index in [1.807, 2.05) is 31.2 Å². The molecule has 0 atom stereocenters. The van der Waals surface area contributed by atoms with Crippen LogP contribution in [0.4, 0.5) is 9.93 Å². The number of aryl methyl sites for hydroxylation is 2. The van der Waals surface area contributed by atoms with Crippen molar-refractivity contribution in [2.24, 2.45) is 0 Å². The molecule has 0 aliphatic carbocycles. The number of rotatable bonds is 5. The number of urea groups is 1. The highest BCUT2D eigenvalue weighted by molar-refractivity contribution is 7.22. The maximum Gasteiger partial charge on any atom is 0.321 e. The van der Waals surface area contributed by atoms with E-state index in [1.165, 1.54) is 16.9 Å². The van der Waals surface area contributed by atoms with Crippen molar-refractivity contribution in [1.29, 1.82) is 0 Å². The van der Waals surface area contributed by atoms with E-state index < -0.39 is 0 Å². The lowest BCUT2D eigenvalue weighted by atomic mass is 10.1. The normalized spacial score (nSPS) is 10.7. The van der Waals surface area contributed by atoms with E-state index in [-0.39, 0.29) is 6.03 Å². The summed E-state index contributed by atoms with van der Waals surface area (Å²) in [5.41, 5.74) is 4.39. The third kappa shape index (κ3) is 4.09. The van der Waals surface area contributed by atoms with Crippen LogP contribution in [-0.2, 0) is 6.42 Å². The number of aromatic nitrogens is 1. The predicted molar refractivity (Wildman–Crippen MR) is 103 cm³/mol. The largest absolute Gasteiger partial charge is 0.497 e. The number of benzene rings is 2. The van der Waals surface area contributed by atoms with Gasteiger partial charge in [-0.3, -0.25) is 5.32 Å². The maximum atomic E-state index is 12.1. The summed E-state index contributed by atoms with van der Waals surface area (Å²) < 4.78 is 6.25. The average Bonchev–Trinajstić information content (AvgIpc) is 3.04. The molecule has 0 aliphatic heterocycles. The van der Waals surface area contributed by atoms with Crippen LogP contribution in [0, 0.1) is 13.8 Å². The molecule has 0 unspecified atom stereocenters. The fourth-order valence-electron chi connectivity index (χ4n) is 2.57. The third-order valence-corrected chi connectivity index (χ3v) is 5.13. The van der Waals surface area contributed by atoms with Crippen molar-refractivity contribution in [2.75, 3.05) is 19.0 Å². The summed E-state index contributed by atoms with van der Waals surface area (Å²) in [5.74, 6) is 0.830. The first-order valence-electron chi connectivity index (χ1n) is 8.11. The minimum atomic E-state index is -0.233. The summed E-state index contributed by atoms with van der Waals surface area (Å²) in [6, 6.07) is 11.7. The number of thiazole rings is 1. The van der Waals surface area contributed by atoms with Gasteiger partial charge in [-0.15, -0.1) is 0 Å². The van der Waals surface area contributed by atoms with Gasteiger partial charge in [0.05, 0.1) is 17.3 Å². The van der Waals surface area contributed by atoms with Crippen LogP contribution in [0.1, 0.15) is 16.7 Å². The average molecular weight is 355 g/mol. The SMILES string of the molecule is COc1ccc(CCNC(=O)Nc2nc3c(C)ccc(C)c3s2)cc1. The fraction of sp³-hybridized carbons (Fsp3) is 0.263. The number of fused-ring (bicyclic) bond motifs is 1. The Morgan fingerprint density at radius 1 is 1.12 bits per heavy atom. The number of anilines is 1. The van der Waals surface area contributed by atoms with Crippen LogP contribution < -0.4 is 15.4 Å². The molecule has 0 fully saturated rings. The van der Waals surface area contributed by atoms with E-state index in [2.05, 4.69) is 34.7 Å². The van der Waals surface area contributed by atoms with Crippen molar-refractivity contribution in [3.05, 3.63) is 53.1 Å². The van der Waals surface area contributed by atoms with Gasteiger partial charge in [-0.25, -0.2) is 9.78 Å². The van der Waals surface area contributed by atoms with Crippen molar-refractivity contribution in [1.82, 2.24) is 10.3 Å². The van der Waals surface area contributed by atoms with Crippen LogP contribution in [-0.4, -0.2) is 24.7 Å². The lowest BCUT2D eigenvalue weighted by Crippen LogP contribution is -2.30. The standard InChI is InChI=1S/C19H21N3O2S/c1-12-4-5-13(2)17-16(12)21-19(25-17)22-18(23)20-11-10-14-6-8-15(24-3)9-7-14/h4-9H,10-11H2,1-3H3,(H2,20,21,22,23). The number of hydrogen-bond acceptors (Lipinski definition) is 4. The Balaban J connectivity index is 1.55. The molecule has 2 amide bonds. The van der Waals surface area contributed by atoms with Crippen molar-refractivity contribution in [3.63, 3.8) is 0 Å². The number of carbonyl (C=O) groups excluding carboxylic acids is 1. The van der Waals surface area contributed by atoms with Gasteiger partial charge in [0.2, 0.25) is 0 Å². The van der Waals surface area contributed by atoms with E-state index in [0.29, 0.717) is 11.7 Å². The van der Waals surface area contributed by atoms with Crippen LogP contribution in [0.5, 0.6) is 5.75 Å². The summed E-state index contributed by atoms with van der Waals surface area (Å²) in [6.45, 7) is 4.64. The van der Waals surface area contributed by atoms with Crippen LogP contribution >= 0.6 is 11.3 Å². The van der Waals surface area contributed by atoms with Crippen LogP contribution in [0.2, 0.25) is 0 Å². The first-order chi connectivity index (χ1) is 12.1. The second kappa shape index (κ2) is 7.53. The summed E-state index contributed by atoms with van der Waals surface area (Å²) in [6.07, 6.45) is 0.759. The molecule has 0 saturated carbocycles. The van der Waals surface area contributed by atoms with E-state index in [4.69, 9.17) is 4.74 Å². The van der Waals surface area contributed by atoms with E-state index >= 15 is 0 Å². The predicted octanol–water partition coefficient (Wildman–Crippen LogP) is 4.29. The quantitative estimate of drug-likeness (QED) is 0.718. The highest BCUT2D eigenvalue weighted by Crippen LogP contribution is 2.30. The molecule has 0 radical (unpaired) electrons. The highest BCUT2D eigenvalue weighted by atomic mass is 32.1. The van der Waals surface area contributed by atoms with Gasteiger partial charge in [0.1, 0.15) is 5.75 Å². The molecule has 25 heavy (non-hydrogen) atoms. The zero-order valence-corrected chi connectivity index (χ0v) is 15.4. The number of carbonyl (C=O) groups is 1. The molecule has 0 aliphatic rings. The summed E-state index contributed by atoms with van der Waals surface area (Å²) in [7, 11) is 1.64. The van der Waals surface area contributed by atoms with Gasteiger partial charge < -0.3 is 10.1 Å². The molecule has 6 heteroatoms. The monoisotopic (exact) mass is 355 g/mol. The molecule has 0 bridgehead atoms. The highest BCUT2D eigenvalue weighted by Gasteiger charge is 2.10. The summed E-state index contributed by atoms with van der Waals surface area (Å²) in [5, 5.41) is 6.31. The van der Waals surface area contributed by atoms with Gasteiger partial charge in [-0.1, -0.05) is 35.6 Å². The smallest absolute Gasteiger partial charge is 0.321 e. The number of nitrogens with zero attached hydrogens (tertiary/aromatic N) is 1. The Morgan fingerprint density at radius 2 is 1.84 bits per heavy atom. The molecule has 2 N–H and O–H groups in total. The number of ether oxygens (including phenoxy) is 1. The Kier molecular flexibility index (Phi) is 5.19. The lowest BCUT2D eigenvalue weighted by Gasteiger charge is -2.06. The van der Waals surface area contributed by atoms with E-state index in [1.54, 1.807) is 7.11 Å². The zero-order valence-electron chi connectivity index (χ0n) is 14.6. The lowest BCUT2D eigenvalue weighted by molar-refractivity contribution is 0.252. The van der Waals surface area contributed by atoms with E-state index in [0.717, 1.165) is 33.5 Å². The van der Waals surface area contributed by atoms with Gasteiger partial charge in [-0.05, 0) is 49.1 Å². The van der Waals surface area contributed by atoms with Gasteiger partial charge in [0.25, 0.3) is 0 Å². The number of methoxy groups -OCH3 is 1. The molecular formula is C19H21N3O2S. The topological polar surface area (TPSA) is 63.2 Å². The van der Waals surface area contributed by atoms with Gasteiger partial charge in [-0.2, -0.15) is 0 Å². The number of hydrogen-bond donors (Lipinski definition) is 2. The summed E-state index contributed by atoms with van der Waals surface area (Å²) >= 11 is 1.50. The Bertz CT molecular complexity index is 849.